The third-order valence-electron chi connectivity index (χ3n) is 3.70. The maximum atomic E-state index is 12.3. The summed E-state index contributed by atoms with van der Waals surface area (Å²) < 4.78 is 10.5. The zero-order chi connectivity index (χ0) is 17.6. The van der Waals surface area contributed by atoms with Gasteiger partial charge in [0.15, 0.2) is 6.61 Å². The van der Waals surface area contributed by atoms with Crippen molar-refractivity contribution < 1.29 is 14.1 Å². The first-order chi connectivity index (χ1) is 12.1. The molecule has 1 amide bonds. The van der Waals surface area contributed by atoms with Crippen LogP contribution < -0.4 is 10.1 Å². The molecule has 3 rings (SSSR count). The van der Waals surface area contributed by atoms with Crippen molar-refractivity contribution in [3.8, 4) is 5.75 Å². The van der Waals surface area contributed by atoms with E-state index in [-0.39, 0.29) is 18.6 Å². The van der Waals surface area contributed by atoms with E-state index in [1.807, 2.05) is 37.3 Å². The molecular formula is C19H19N3O3. The van der Waals surface area contributed by atoms with E-state index in [0.717, 1.165) is 5.56 Å². The Kier molecular flexibility index (Phi) is 5.09. The highest BCUT2D eigenvalue weighted by Crippen LogP contribution is 2.16. The van der Waals surface area contributed by atoms with Crippen LogP contribution in [0.1, 0.15) is 40.6 Å². The van der Waals surface area contributed by atoms with E-state index in [0.29, 0.717) is 23.0 Å². The molecule has 1 unspecified atom stereocenters. The third-order valence-corrected chi connectivity index (χ3v) is 3.70. The van der Waals surface area contributed by atoms with Gasteiger partial charge in [0.05, 0.1) is 6.04 Å². The zero-order valence-electron chi connectivity index (χ0n) is 14.1. The van der Waals surface area contributed by atoms with Gasteiger partial charge in [-0.1, -0.05) is 35.5 Å². The molecular weight excluding hydrogens is 318 g/mol. The van der Waals surface area contributed by atoms with Gasteiger partial charge in [0.2, 0.25) is 11.7 Å². The van der Waals surface area contributed by atoms with E-state index < -0.39 is 0 Å². The molecule has 128 valence electrons. The highest BCUT2D eigenvalue weighted by atomic mass is 16.5. The molecule has 0 bridgehead atoms. The van der Waals surface area contributed by atoms with E-state index in [1.165, 1.54) is 0 Å². The van der Waals surface area contributed by atoms with Crippen molar-refractivity contribution in [2.75, 3.05) is 0 Å². The van der Waals surface area contributed by atoms with Crippen molar-refractivity contribution >= 4 is 5.91 Å². The van der Waals surface area contributed by atoms with Crippen molar-refractivity contribution in [2.24, 2.45) is 0 Å². The maximum absolute atomic E-state index is 12.3. The van der Waals surface area contributed by atoms with Crippen LogP contribution in [0, 0.1) is 6.92 Å². The fraction of sp³-hybridized carbons (Fsp3) is 0.211. The van der Waals surface area contributed by atoms with Crippen LogP contribution in [0.3, 0.4) is 0 Å². The molecule has 0 saturated heterocycles. The van der Waals surface area contributed by atoms with E-state index in [4.69, 9.17) is 9.26 Å². The Hall–Kier alpha value is -3.15. The molecule has 1 atom stereocenters. The van der Waals surface area contributed by atoms with Gasteiger partial charge in [0.1, 0.15) is 5.75 Å². The van der Waals surface area contributed by atoms with Crippen LogP contribution in [0.25, 0.3) is 0 Å². The normalized spacial score (nSPS) is 11.8. The van der Waals surface area contributed by atoms with E-state index in [9.17, 15) is 4.79 Å². The molecule has 3 aromatic rings. The lowest BCUT2D eigenvalue weighted by Gasteiger charge is -2.14. The molecule has 6 nitrogen and oxygen atoms in total. The summed E-state index contributed by atoms with van der Waals surface area (Å²) in [6.45, 7) is 3.89. The van der Waals surface area contributed by atoms with Crippen LogP contribution in [0.2, 0.25) is 0 Å². The number of benzene rings is 2. The van der Waals surface area contributed by atoms with Gasteiger partial charge < -0.3 is 14.6 Å². The second kappa shape index (κ2) is 7.61. The summed E-state index contributed by atoms with van der Waals surface area (Å²) in [4.78, 5) is 16.4. The first kappa shape index (κ1) is 16.7. The smallest absolute Gasteiger partial charge is 0.251 e. The van der Waals surface area contributed by atoms with E-state index in [1.54, 1.807) is 31.2 Å². The quantitative estimate of drug-likeness (QED) is 0.745. The summed E-state index contributed by atoms with van der Waals surface area (Å²) in [5.41, 5.74) is 1.64. The van der Waals surface area contributed by atoms with Crippen LogP contribution in [0.15, 0.2) is 59.1 Å². The highest BCUT2D eigenvalue weighted by molar-refractivity contribution is 5.94. The topological polar surface area (TPSA) is 77.2 Å². The third kappa shape index (κ3) is 4.44. The van der Waals surface area contributed by atoms with Gasteiger partial charge >= 0.3 is 0 Å². The number of hydrogen-bond acceptors (Lipinski definition) is 5. The number of aryl methyl sites for hydroxylation is 1. The van der Waals surface area contributed by atoms with Gasteiger partial charge in [-0.2, -0.15) is 4.98 Å². The number of nitrogens with one attached hydrogen (secondary N) is 1. The summed E-state index contributed by atoms with van der Waals surface area (Å²) in [5.74, 6) is 1.49. The lowest BCUT2D eigenvalue weighted by atomic mass is 10.1. The largest absolute Gasteiger partial charge is 0.485 e. The lowest BCUT2D eigenvalue weighted by Crippen LogP contribution is -2.26. The Bertz CT molecular complexity index is 829. The predicted molar refractivity (Wildman–Crippen MR) is 92.1 cm³/mol. The Morgan fingerprint density at radius 3 is 2.52 bits per heavy atom. The Morgan fingerprint density at radius 2 is 1.88 bits per heavy atom. The summed E-state index contributed by atoms with van der Waals surface area (Å²) in [6, 6.07) is 16.7. The van der Waals surface area contributed by atoms with E-state index >= 15 is 0 Å². The number of ether oxygens (including phenoxy) is 1. The van der Waals surface area contributed by atoms with Crippen molar-refractivity contribution in [3.63, 3.8) is 0 Å². The van der Waals surface area contributed by atoms with Gasteiger partial charge in [-0.25, -0.2) is 0 Å². The van der Waals surface area contributed by atoms with Crippen molar-refractivity contribution in [2.45, 2.75) is 26.5 Å². The fourth-order valence-electron chi connectivity index (χ4n) is 2.36. The molecule has 2 aromatic carbocycles. The molecule has 0 radical (unpaired) electrons. The van der Waals surface area contributed by atoms with Crippen LogP contribution in [-0.2, 0) is 6.61 Å². The van der Waals surface area contributed by atoms with Gasteiger partial charge in [-0.15, -0.1) is 0 Å². The highest BCUT2D eigenvalue weighted by Gasteiger charge is 2.11. The first-order valence-electron chi connectivity index (χ1n) is 7.99. The summed E-state index contributed by atoms with van der Waals surface area (Å²) >= 11 is 0. The molecule has 1 N–H and O–H groups in total. The minimum atomic E-state index is -0.128. The molecule has 0 fully saturated rings. The standard InChI is InChI=1S/C19H19N3O3/c1-13(15-6-4-3-5-7-15)20-19(23)16-8-10-17(11-9-16)24-12-18-21-14(2)25-22-18/h3-11,13H,12H2,1-2H3,(H,20,23). The Morgan fingerprint density at radius 1 is 1.16 bits per heavy atom. The molecule has 0 aliphatic rings. The van der Waals surface area contributed by atoms with Crippen LogP contribution in [0.4, 0.5) is 0 Å². The molecule has 0 aliphatic carbocycles. The van der Waals surface area contributed by atoms with Gasteiger partial charge in [0.25, 0.3) is 5.91 Å². The lowest BCUT2D eigenvalue weighted by molar-refractivity contribution is 0.0940. The Balaban J connectivity index is 1.57. The molecule has 1 aromatic heterocycles. The van der Waals surface area contributed by atoms with Crippen molar-refractivity contribution in [1.82, 2.24) is 15.5 Å². The van der Waals surface area contributed by atoms with Gasteiger partial charge in [0, 0.05) is 12.5 Å². The summed E-state index contributed by atoms with van der Waals surface area (Å²) in [7, 11) is 0. The monoisotopic (exact) mass is 337 g/mol. The molecule has 25 heavy (non-hydrogen) atoms. The molecule has 0 saturated carbocycles. The maximum Gasteiger partial charge on any atom is 0.251 e. The van der Waals surface area contributed by atoms with Crippen molar-refractivity contribution in [3.05, 3.63) is 77.4 Å². The first-order valence-corrected chi connectivity index (χ1v) is 7.99. The number of rotatable bonds is 6. The summed E-state index contributed by atoms with van der Waals surface area (Å²) in [5, 5.41) is 6.74. The number of hydrogen-bond donors (Lipinski definition) is 1. The van der Waals surface area contributed by atoms with E-state index in [2.05, 4.69) is 15.5 Å². The number of nitrogens with zero attached hydrogens (tertiary/aromatic N) is 2. The van der Waals surface area contributed by atoms with Crippen LogP contribution in [-0.4, -0.2) is 16.0 Å². The van der Waals surface area contributed by atoms with Gasteiger partial charge in [-0.3, -0.25) is 4.79 Å². The predicted octanol–water partition coefficient (Wildman–Crippen LogP) is 3.45. The Labute approximate surface area is 145 Å². The molecule has 6 heteroatoms. The number of amides is 1. The van der Waals surface area contributed by atoms with Crippen molar-refractivity contribution in [1.29, 1.82) is 0 Å². The average molecular weight is 337 g/mol. The molecule has 1 heterocycles. The summed E-state index contributed by atoms with van der Waals surface area (Å²) in [6.07, 6.45) is 0. The minimum absolute atomic E-state index is 0.0638. The number of carbonyl (C=O) groups is 1. The SMILES string of the molecule is Cc1nc(COc2ccc(C(=O)NC(C)c3ccccc3)cc2)no1. The fourth-order valence-corrected chi connectivity index (χ4v) is 2.36. The zero-order valence-corrected chi connectivity index (χ0v) is 14.1. The van der Waals surface area contributed by atoms with Crippen LogP contribution in [0.5, 0.6) is 5.75 Å². The number of aromatic nitrogens is 2. The molecule has 0 spiro atoms. The second-order valence-electron chi connectivity index (χ2n) is 5.65. The molecule has 0 aliphatic heterocycles. The number of carbonyl (C=O) groups excluding carboxylic acids is 1. The van der Waals surface area contributed by atoms with Gasteiger partial charge in [-0.05, 0) is 36.8 Å². The average Bonchev–Trinajstić information content (AvgIpc) is 3.06. The van der Waals surface area contributed by atoms with Crippen LogP contribution >= 0.6 is 0 Å². The minimum Gasteiger partial charge on any atom is -0.485 e. The second-order valence-corrected chi connectivity index (χ2v) is 5.65.